The fourth-order valence-electron chi connectivity index (χ4n) is 1.07. The molecule has 0 N–H and O–H groups in total. The maximum Gasteiger partial charge on any atom is 0.122 e. The predicted molar refractivity (Wildman–Crippen MR) is 55.1 cm³/mol. The van der Waals surface area contributed by atoms with Gasteiger partial charge in [-0.15, -0.1) is 11.3 Å². The third-order valence-corrected chi connectivity index (χ3v) is 2.55. The fourth-order valence-corrected chi connectivity index (χ4v) is 1.68. The van der Waals surface area contributed by atoms with Crippen molar-refractivity contribution in [2.75, 3.05) is 0 Å². The maximum atomic E-state index is 5.56. The number of thiophene rings is 1. The van der Waals surface area contributed by atoms with Crippen LogP contribution in [-0.4, -0.2) is 0 Å². The number of rotatable bonds is 3. The third-order valence-electron chi connectivity index (χ3n) is 1.70. The Morgan fingerprint density at radius 1 is 1.00 bits per heavy atom. The van der Waals surface area contributed by atoms with Gasteiger partial charge < -0.3 is 4.74 Å². The van der Waals surface area contributed by atoms with Crippen LogP contribution in [0.3, 0.4) is 0 Å². The Hall–Kier alpha value is -1.28. The lowest BCUT2D eigenvalue weighted by atomic mass is 10.3. The van der Waals surface area contributed by atoms with Gasteiger partial charge in [0.1, 0.15) is 12.4 Å². The molecule has 0 aliphatic carbocycles. The second kappa shape index (κ2) is 4.10. The summed E-state index contributed by atoms with van der Waals surface area (Å²) in [5.74, 6) is 0.927. The lowest BCUT2D eigenvalue weighted by molar-refractivity contribution is 0.310. The maximum absolute atomic E-state index is 5.56. The number of hydrogen-bond donors (Lipinski definition) is 0. The largest absolute Gasteiger partial charge is 0.488 e. The Kier molecular flexibility index (Phi) is 2.62. The van der Waals surface area contributed by atoms with Crippen molar-refractivity contribution in [2.24, 2.45) is 0 Å². The van der Waals surface area contributed by atoms with Crippen LogP contribution >= 0.6 is 11.3 Å². The van der Waals surface area contributed by atoms with Crippen LogP contribution in [-0.2, 0) is 6.61 Å². The summed E-state index contributed by atoms with van der Waals surface area (Å²) in [5.41, 5.74) is 0. The quantitative estimate of drug-likeness (QED) is 0.721. The van der Waals surface area contributed by atoms with E-state index in [2.05, 4.69) is 11.4 Å². The van der Waals surface area contributed by atoms with Gasteiger partial charge in [-0.1, -0.05) is 24.3 Å². The van der Waals surface area contributed by atoms with Crippen LogP contribution in [0.1, 0.15) is 4.88 Å². The molecule has 0 radical (unpaired) electrons. The van der Waals surface area contributed by atoms with Crippen LogP contribution in [0.25, 0.3) is 0 Å². The summed E-state index contributed by atoms with van der Waals surface area (Å²) in [6, 6.07) is 14.0. The summed E-state index contributed by atoms with van der Waals surface area (Å²) in [7, 11) is 0. The number of ether oxygens (including phenoxy) is 1. The van der Waals surface area contributed by atoms with Crippen LogP contribution in [0, 0.1) is 0 Å². The van der Waals surface area contributed by atoms with Gasteiger partial charge in [-0.2, -0.15) is 0 Å². The van der Waals surface area contributed by atoms with E-state index < -0.39 is 0 Å². The van der Waals surface area contributed by atoms with E-state index in [1.165, 1.54) is 4.88 Å². The van der Waals surface area contributed by atoms with Crippen molar-refractivity contribution >= 4 is 11.3 Å². The first kappa shape index (κ1) is 8.32. The van der Waals surface area contributed by atoms with E-state index in [-0.39, 0.29) is 0 Å². The molecule has 0 aliphatic heterocycles. The van der Waals surface area contributed by atoms with Gasteiger partial charge in [-0.3, -0.25) is 0 Å². The molecule has 1 heterocycles. The van der Waals surface area contributed by atoms with Crippen LogP contribution in [0.15, 0.2) is 47.8 Å². The second-order valence-electron chi connectivity index (χ2n) is 2.68. The first-order valence-electron chi connectivity index (χ1n) is 4.15. The molecule has 0 saturated carbocycles. The fraction of sp³-hybridized carbons (Fsp3) is 0.0909. The molecular weight excluding hydrogens is 180 g/mol. The van der Waals surface area contributed by atoms with Crippen molar-refractivity contribution in [3.63, 3.8) is 0 Å². The molecule has 0 spiro atoms. The van der Waals surface area contributed by atoms with Crippen molar-refractivity contribution in [2.45, 2.75) is 6.61 Å². The van der Waals surface area contributed by atoms with Gasteiger partial charge in [0.15, 0.2) is 0 Å². The van der Waals surface area contributed by atoms with E-state index in [9.17, 15) is 0 Å². The predicted octanol–water partition coefficient (Wildman–Crippen LogP) is 3.33. The van der Waals surface area contributed by atoms with E-state index >= 15 is 0 Å². The van der Waals surface area contributed by atoms with Gasteiger partial charge in [0, 0.05) is 4.88 Å². The van der Waals surface area contributed by atoms with Crippen molar-refractivity contribution in [1.82, 2.24) is 0 Å². The zero-order valence-corrected chi connectivity index (χ0v) is 7.96. The Balaban J connectivity index is 1.94. The third kappa shape index (κ3) is 2.33. The standard InChI is InChI=1S/C11H10OS/c1-2-5-10(6-3-1)12-9-11-7-4-8-13-11/h1-8H,9H2. The highest BCUT2D eigenvalue weighted by molar-refractivity contribution is 7.09. The Bertz CT molecular complexity index is 340. The van der Waals surface area contributed by atoms with Gasteiger partial charge in [0.25, 0.3) is 0 Å². The number of hydrogen-bond acceptors (Lipinski definition) is 2. The average molecular weight is 190 g/mol. The highest BCUT2D eigenvalue weighted by Gasteiger charge is 1.94. The second-order valence-corrected chi connectivity index (χ2v) is 3.71. The molecule has 2 heteroatoms. The summed E-state index contributed by atoms with van der Waals surface area (Å²) in [6.07, 6.45) is 0. The zero-order valence-electron chi connectivity index (χ0n) is 7.14. The molecule has 13 heavy (non-hydrogen) atoms. The summed E-state index contributed by atoms with van der Waals surface area (Å²) in [4.78, 5) is 1.25. The minimum absolute atomic E-state index is 0.668. The Morgan fingerprint density at radius 3 is 2.54 bits per heavy atom. The van der Waals surface area contributed by atoms with Gasteiger partial charge in [-0.25, -0.2) is 0 Å². The van der Waals surface area contributed by atoms with Crippen molar-refractivity contribution in [3.8, 4) is 5.75 Å². The van der Waals surface area contributed by atoms with E-state index in [0.717, 1.165) is 5.75 Å². The number of para-hydroxylation sites is 1. The molecule has 1 nitrogen and oxygen atoms in total. The monoisotopic (exact) mass is 190 g/mol. The van der Waals surface area contributed by atoms with Crippen LogP contribution in [0.2, 0.25) is 0 Å². The molecule has 2 rings (SSSR count). The van der Waals surface area contributed by atoms with Crippen LogP contribution in [0.5, 0.6) is 5.75 Å². The van der Waals surface area contributed by atoms with E-state index in [0.29, 0.717) is 6.61 Å². The molecular formula is C11H10OS. The molecule has 66 valence electrons. The molecule has 0 amide bonds. The highest BCUT2D eigenvalue weighted by Crippen LogP contribution is 2.14. The van der Waals surface area contributed by atoms with Crippen molar-refractivity contribution in [3.05, 3.63) is 52.7 Å². The molecule has 1 aromatic heterocycles. The van der Waals surface area contributed by atoms with Crippen LogP contribution in [0.4, 0.5) is 0 Å². The van der Waals surface area contributed by atoms with Gasteiger partial charge in [0.05, 0.1) is 0 Å². The lowest BCUT2D eigenvalue weighted by Crippen LogP contribution is -1.91. The molecule has 1 aromatic carbocycles. The SMILES string of the molecule is c1ccc(OCc2cccs2)cc1. The summed E-state index contributed by atoms with van der Waals surface area (Å²) >= 11 is 1.72. The summed E-state index contributed by atoms with van der Waals surface area (Å²) in [6.45, 7) is 0.668. The summed E-state index contributed by atoms with van der Waals surface area (Å²) < 4.78 is 5.56. The topological polar surface area (TPSA) is 9.23 Å². The molecule has 0 saturated heterocycles. The smallest absolute Gasteiger partial charge is 0.122 e. The van der Waals surface area contributed by atoms with E-state index in [1.807, 2.05) is 36.4 Å². The number of benzene rings is 1. The molecule has 0 unspecified atom stereocenters. The first-order valence-corrected chi connectivity index (χ1v) is 5.03. The highest BCUT2D eigenvalue weighted by atomic mass is 32.1. The molecule has 0 atom stereocenters. The Morgan fingerprint density at radius 2 is 1.85 bits per heavy atom. The molecule has 0 aliphatic rings. The van der Waals surface area contributed by atoms with Gasteiger partial charge in [-0.05, 0) is 23.6 Å². The average Bonchev–Trinajstić information content (AvgIpc) is 2.69. The Labute approximate surface area is 81.6 Å². The first-order chi connectivity index (χ1) is 6.45. The summed E-state index contributed by atoms with van der Waals surface area (Å²) in [5, 5.41) is 2.06. The van der Waals surface area contributed by atoms with E-state index in [1.54, 1.807) is 11.3 Å². The minimum Gasteiger partial charge on any atom is -0.488 e. The van der Waals surface area contributed by atoms with E-state index in [4.69, 9.17) is 4.74 Å². The van der Waals surface area contributed by atoms with Gasteiger partial charge >= 0.3 is 0 Å². The van der Waals surface area contributed by atoms with Crippen molar-refractivity contribution < 1.29 is 4.74 Å². The molecule has 0 bridgehead atoms. The minimum atomic E-state index is 0.668. The molecule has 0 fully saturated rings. The normalized spacial score (nSPS) is 9.85. The molecule has 2 aromatic rings. The van der Waals surface area contributed by atoms with Crippen molar-refractivity contribution in [1.29, 1.82) is 0 Å². The zero-order chi connectivity index (χ0) is 8.93. The lowest BCUT2D eigenvalue weighted by Gasteiger charge is -2.02. The van der Waals surface area contributed by atoms with Crippen LogP contribution < -0.4 is 4.74 Å². The van der Waals surface area contributed by atoms with Gasteiger partial charge in [0.2, 0.25) is 0 Å².